The molecule has 0 saturated carbocycles. The zero-order valence-corrected chi connectivity index (χ0v) is 19.0. The van der Waals surface area contributed by atoms with Gasteiger partial charge in [-0.05, 0) is 37.5 Å². The Morgan fingerprint density at radius 3 is 2.74 bits per heavy atom. The van der Waals surface area contributed by atoms with Gasteiger partial charge in [-0.25, -0.2) is 4.98 Å². The van der Waals surface area contributed by atoms with Crippen molar-refractivity contribution >= 4 is 34.7 Å². The van der Waals surface area contributed by atoms with Crippen LogP contribution in [0, 0.1) is 12.3 Å². The Balaban J connectivity index is 1.61. The van der Waals surface area contributed by atoms with Crippen molar-refractivity contribution in [2.24, 2.45) is 11.1 Å². The van der Waals surface area contributed by atoms with E-state index in [0.29, 0.717) is 16.7 Å². The van der Waals surface area contributed by atoms with Gasteiger partial charge in [-0.3, -0.25) is 4.40 Å². The van der Waals surface area contributed by atoms with Crippen molar-refractivity contribution in [2.45, 2.75) is 32.4 Å². The number of imidazole rings is 1. The summed E-state index contributed by atoms with van der Waals surface area (Å²) in [6, 6.07) is 7.88. The minimum absolute atomic E-state index is 0.0770. The number of aliphatic hydroxyl groups is 1. The summed E-state index contributed by atoms with van der Waals surface area (Å²) in [5.74, 6) is 1.03. The molecule has 5 rings (SSSR count). The SMILES string of the molecule is Cc1cc(N2CCC3(CC2)COCC3N)n2c(CO)cnc2c1-c1cccc(Cl)c1Cl. The molecule has 0 amide bonds. The summed E-state index contributed by atoms with van der Waals surface area (Å²) in [4.78, 5) is 7.03. The van der Waals surface area contributed by atoms with Gasteiger partial charge in [0.2, 0.25) is 0 Å². The van der Waals surface area contributed by atoms with E-state index in [1.54, 1.807) is 12.3 Å². The third-order valence-electron chi connectivity index (χ3n) is 6.97. The molecule has 31 heavy (non-hydrogen) atoms. The zero-order chi connectivity index (χ0) is 21.8. The van der Waals surface area contributed by atoms with Crippen LogP contribution in [0.1, 0.15) is 24.1 Å². The van der Waals surface area contributed by atoms with E-state index in [1.165, 1.54) is 0 Å². The van der Waals surface area contributed by atoms with Crippen molar-refractivity contribution in [3.8, 4) is 11.1 Å². The number of hydrogen-bond donors (Lipinski definition) is 2. The number of piperidine rings is 1. The molecular weight excluding hydrogens is 435 g/mol. The van der Waals surface area contributed by atoms with Crippen LogP contribution in [-0.2, 0) is 11.3 Å². The topological polar surface area (TPSA) is 76.0 Å². The van der Waals surface area contributed by atoms with E-state index in [2.05, 4.69) is 22.9 Å². The average molecular weight is 461 g/mol. The van der Waals surface area contributed by atoms with Crippen molar-refractivity contribution in [2.75, 3.05) is 31.2 Å². The molecule has 1 unspecified atom stereocenters. The van der Waals surface area contributed by atoms with Crippen LogP contribution in [0.5, 0.6) is 0 Å². The second kappa shape index (κ2) is 7.94. The lowest BCUT2D eigenvalue weighted by Gasteiger charge is -2.42. The number of benzene rings is 1. The number of rotatable bonds is 3. The maximum Gasteiger partial charge on any atom is 0.146 e. The van der Waals surface area contributed by atoms with Gasteiger partial charge in [-0.15, -0.1) is 0 Å². The van der Waals surface area contributed by atoms with E-state index in [1.807, 2.05) is 16.5 Å². The third-order valence-corrected chi connectivity index (χ3v) is 7.79. The van der Waals surface area contributed by atoms with Crippen LogP contribution in [0.3, 0.4) is 0 Å². The van der Waals surface area contributed by atoms with Gasteiger partial charge in [0.05, 0.1) is 41.8 Å². The largest absolute Gasteiger partial charge is 0.390 e. The van der Waals surface area contributed by atoms with Gasteiger partial charge in [0, 0.05) is 35.7 Å². The molecule has 2 aliphatic heterocycles. The van der Waals surface area contributed by atoms with E-state index in [9.17, 15) is 5.11 Å². The number of aliphatic hydroxyl groups excluding tert-OH is 1. The van der Waals surface area contributed by atoms with E-state index in [4.69, 9.17) is 33.7 Å². The lowest BCUT2D eigenvalue weighted by atomic mass is 9.75. The molecule has 0 aliphatic carbocycles. The van der Waals surface area contributed by atoms with Gasteiger partial charge in [0.15, 0.2) is 0 Å². The zero-order valence-electron chi connectivity index (χ0n) is 17.4. The molecule has 2 saturated heterocycles. The fraction of sp³-hybridized carbons (Fsp3) is 0.435. The van der Waals surface area contributed by atoms with Gasteiger partial charge < -0.3 is 20.5 Å². The number of fused-ring (bicyclic) bond motifs is 1. The van der Waals surface area contributed by atoms with Crippen LogP contribution < -0.4 is 10.6 Å². The predicted octanol–water partition coefficient (Wildman–Crippen LogP) is 4.05. The first-order chi connectivity index (χ1) is 14.9. The molecule has 3 N–H and O–H groups in total. The number of anilines is 1. The second-order valence-corrected chi connectivity index (χ2v) is 9.48. The number of aryl methyl sites for hydroxylation is 1. The Labute approximate surface area is 191 Å². The number of aromatic nitrogens is 2. The molecule has 2 aromatic heterocycles. The normalized spacial score (nSPS) is 20.8. The first-order valence-corrected chi connectivity index (χ1v) is 11.3. The molecule has 1 spiro atoms. The molecule has 2 aliphatic rings. The Morgan fingerprint density at radius 2 is 2.06 bits per heavy atom. The highest BCUT2D eigenvalue weighted by molar-refractivity contribution is 6.43. The molecule has 3 aromatic rings. The Bertz CT molecular complexity index is 1140. The van der Waals surface area contributed by atoms with Crippen molar-refractivity contribution in [3.63, 3.8) is 0 Å². The highest BCUT2D eigenvalue weighted by atomic mass is 35.5. The second-order valence-electron chi connectivity index (χ2n) is 8.70. The summed E-state index contributed by atoms with van der Waals surface area (Å²) < 4.78 is 7.72. The lowest BCUT2D eigenvalue weighted by Crippen LogP contribution is -2.49. The standard InChI is InChI=1S/C23H26Cl2N4O2/c1-14-9-19(28-7-5-23(6-8-28)13-31-12-18(23)26)29-15(11-30)10-27-22(29)20(14)16-3-2-4-17(24)21(16)25/h2-4,9-10,18,30H,5-8,11-13,26H2,1H3. The Hall–Kier alpha value is -1.83. The monoisotopic (exact) mass is 460 g/mol. The number of nitrogens with two attached hydrogens (primary N) is 1. The fourth-order valence-electron chi connectivity index (χ4n) is 5.07. The molecule has 164 valence electrons. The van der Waals surface area contributed by atoms with E-state index >= 15 is 0 Å². The molecule has 0 radical (unpaired) electrons. The lowest BCUT2D eigenvalue weighted by molar-refractivity contribution is 0.131. The predicted molar refractivity (Wildman–Crippen MR) is 124 cm³/mol. The summed E-state index contributed by atoms with van der Waals surface area (Å²) in [7, 11) is 0. The van der Waals surface area contributed by atoms with Crippen LogP contribution >= 0.6 is 23.2 Å². The minimum atomic E-state index is -0.101. The van der Waals surface area contributed by atoms with Crippen molar-refractivity contribution in [1.29, 1.82) is 0 Å². The highest BCUT2D eigenvalue weighted by Crippen LogP contribution is 2.42. The first kappa shape index (κ1) is 21.0. The van der Waals surface area contributed by atoms with E-state index < -0.39 is 0 Å². The van der Waals surface area contributed by atoms with Crippen LogP contribution in [0.2, 0.25) is 10.0 Å². The van der Waals surface area contributed by atoms with Gasteiger partial charge in [-0.1, -0.05) is 35.3 Å². The summed E-state index contributed by atoms with van der Waals surface area (Å²) in [5.41, 5.74) is 10.8. The van der Waals surface area contributed by atoms with Crippen LogP contribution in [0.15, 0.2) is 30.5 Å². The van der Waals surface area contributed by atoms with Gasteiger partial charge in [-0.2, -0.15) is 0 Å². The molecule has 6 nitrogen and oxygen atoms in total. The summed E-state index contributed by atoms with van der Waals surface area (Å²) in [6.45, 7) is 5.12. The third kappa shape index (κ3) is 3.33. The summed E-state index contributed by atoms with van der Waals surface area (Å²) >= 11 is 12.9. The number of hydrogen-bond acceptors (Lipinski definition) is 5. The highest BCUT2D eigenvalue weighted by Gasteiger charge is 2.44. The number of halogens is 2. The average Bonchev–Trinajstić information content (AvgIpc) is 3.35. The first-order valence-electron chi connectivity index (χ1n) is 10.6. The van der Waals surface area contributed by atoms with Crippen LogP contribution in [0.4, 0.5) is 5.82 Å². The molecule has 2 fully saturated rings. The van der Waals surface area contributed by atoms with Crippen LogP contribution in [0.25, 0.3) is 16.8 Å². The van der Waals surface area contributed by atoms with Gasteiger partial charge in [0.25, 0.3) is 0 Å². The van der Waals surface area contributed by atoms with Crippen molar-refractivity contribution < 1.29 is 9.84 Å². The maximum atomic E-state index is 10.0. The van der Waals surface area contributed by atoms with Gasteiger partial charge >= 0.3 is 0 Å². The molecular formula is C23H26Cl2N4O2. The summed E-state index contributed by atoms with van der Waals surface area (Å²) in [5, 5.41) is 11.0. The van der Waals surface area contributed by atoms with E-state index in [-0.39, 0.29) is 18.1 Å². The van der Waals surface area contributed by atoms with E-state index in [0.717, 1.165) is 66.4 Å². The molecule has 0 bridgehead atoms. The molecule has 4 heterocycles. The molecule has 8 heteroatoms. The fourth-order valence-corrected chi connectivity index (χ4v) is 5.46. The minimum Gasteiger partial charge on any atom is -0.390 e. The quantitative estimate of drug-likeness (QED) is 0.616. The maximum absolute atomic E-state index is 10.0. The van der Waals surface area contributed by atoms with Crippen LogP contribution in [-0.4, -0.2) is 46.8 Å². The number of nitrogens with zero attached hydrogens (tertiary/aromatic N) is 3. The Kier molecular flexibility index (Phi) is 5.39. The number of pyridine rings is 1. The Morgan fingerprint density at radius 1 is 1.29 bits per heavy atom. The smallest absolute Gasteiger partial charge is 0.146 e. The summed E-state index contributed by atoms with van der Waals surface area (Å²) in [6.07, 6.45) is 3.70. The number of ether oxygens (including phenoxy) is 1. The van der Waals surface area contributed by atoms with Crippen molar-refractivity contribution in [1.82, 2.24) is 9.38 Å². The van der Waals surface area contributed by atoms with Crippen molar-refractivity contribution in [3.05, 3.63) is 51.8 Å². The molecule has 1 atom stereocenters. The molecule has 1 aromatic carbocycles. The van der Waals surface area contributed by atoms with Gasteiger partial charge in [0.1, 0.15) is 11.5 Å².